The number of hydrogen-bond donors (Lipinski definition) is 1. The van der Waals surface area contributed by atoms with E-state index in [1.165, 1.54) is 24.0 Å². The number of carbonyl (C=O) groups excluding carboxylic acids is 2. The quantitative estimate of drug-likeness (QED) is 0.794. The van der Waals surface area contributed by atoms with E-state index in [4.69, 9.17) is 11.6 Å². The van der Waals surface area contributed by atoms with Gasteiger partial charge in [0.2, 0.25) is 5.91 Å². The smallest absolute Gasteiger partial charge is 0.293 e. The highest BCUT2D eigenvalue weighted by atomic mass is 35.5. The highest BCUT2D eigenvalue weighted by Gasteiger charge is 2.26. The maximum Gasteiger partial charge on any atom is 0.328 e. The van der Waals surface area contributed by atoms with E-state index in [9.17, 15) is 14.0 Å². The standard InChI is InChI=1S/C12H12ClFN2O2/c1-7(13)11(17)15-12(18)16-5-4-8-2-3-9(14)6-10(8)16/h2-3,6-7H,4-5H2,1H3,(H,15,17,18). The van der Waals surface area contributed by atoms with Crippen molar-refractivity contribution in [1.29, 1.82) is 0 Å². The summed E-state index contributed by atoms with van der Waals surface area (Å²) in [5.41, 5.74) is 1.39. The number of anilines is 1. The summed E-state index contributed by atoms with van der Waals surface area (Å²) < 4.78 is 13.1. The molecule has 0 aliphatic carbocycles. The zero-order valence-electron chi connectivity index (χ0n) is 9.74. The van der Waals surface area contributed by atoms with Gasteiger partial charge in [-0.15, -0.1) is 11.6 Å². The van der Waals surface area contributed by atoms with Crippen molar-refractivity contribution in [1.82, 2.24) is 5.32 Å². The summed E-state index contributed by atoms with van der Waals surface area (Å²) in [7, 11) is 0. The predicted octanol–water partition coefficient (Wildman–Crippen LogP) is 2.05. The highest BCUT2D eigenvalue weighted by Crippen LogP contribution is 2.28. The van der Waals surface area contributed by atoms with Crippen LogP contribution in [0.5, 0.6) is 0 Å². The molecule has 3 amide bonds. The van der Waals surface area contributed by atoms with Gasteiger partial charge >= 0.3 is 6.03 Å². The maximum atomic E-state index is 13.1. The van der Waals surface area contributed by atoms with Gasteiger partial charge in [0.1, 0.15) is 11.2 Å². The van der Waals surface area contributed by atoms with Crippen molar-refractivity contribution in [2.24, 2.45) is 0 Å². The predicted molar refractivity (Wildman–Crippen MR) is 66.3 cm³/mol. The molecule has 1 aliphatic heterocycles. The normalized spacial score (nSPS) is 15.2. The molecule has 1 atom stereocenters. The Morgan fingerprint density at radius 3 is 2.89 bits per heavy atom. The maximum absolute atomic E-state index is 13.1. The van der Waals surface area contributed by atoms with Crippen molar-refractivity contribution in [2.45, 2.75) is 18.7 Å². The number of nitrogens with one attached hydrogen (secondary N) is 1. The van der Waals surface area contributed by atoms with Gasteiger partial charge in [0.15, 0.2) is 0 Å². The molecule has 0 bridgehead atoms. The molecule has 1 aliphatic rings. The molecule has 2 rings (SSSR count). The van der Waals surface area contributed by atoms with Crippen LogP contribution in [0.25, 0.3) is 0 Å². The molecular formula is C12H12ClFN2O2. The second kappa shape index (κ2) is 4.94. The number of halogens is 2. The SMILES string of the molecule is CC(Cl)C(=O)NC(=O)N1CCc2ccc(F)cc21. The minimum absolute atomic E-state index is 0.412. The third-order valence-corrected chi connectivity index (χ3v) is 2.98. The monoisotopic (exact) mass is 270 g/mol. The number of nitrogens with zero attached hydrogens (tertiary/aromatic N) is 1. The lowest BCUT2D eigenvalue weighted by atomic mass is 10.2. The molecule has 0 saturated carbocycles. The van der Waals surface area contributed by atoms with Gasteiger partial charge in [-0.05, 0) is 31.0 Å². The first-order chi connectivity index (χ1) is 8.49. The van der Waals surface area contributed by atoms with Crippen molar-refractivity contribution in [3.05, 3.63) is 29.6 Å². The molecule has 0 radical (unpaired) electrons. The van der Waals surface area contributed by atoms with Gasteiger partial charge in [-0.25, -0.2) is 9.18 Å². The number of imide groups is 1. The van der Waals surface area contributed by atoms with Crippen LogP contribution in [-0.4, -0.2) is 23.9 Å². The van der Waals surface area contributed by atoms with Crippen LogP contribution in [0.1, 0.15) is 12.5 Å². The van der Waals surface area contributed by atoms with Crippen LogP contribution in [0.4, 0.5) is 14.9 Å². The van der Waals surface area contributed by atoms with Crippen LogP contribution in [0, 0.1) is 5.82 Å². The minimum Gasteiger partial charge on any atom is -0.293 e. The average Bonchev–Trinajstić information content (AvgIpc) is 2.71. The Kier molecular flexibility index (Phi) is 3.52. The third kappa shape index (κ3) is 2.46. The van der Waals surface area contributed by atoms with E-state index in [0.717, 1.165) is 5.56 Å². The highest BCUT2D eigenvalue weighted by molar-refractivity contribution is 6.31. The van der Waals surface area contributed by atoms with Gasteiger partial charge in [-0.3, -0.25) is 15.0 Å². The van der Waals surface area contributed by atoms with Gasteiger partial charge in [0, 0.05) is 6.54 Å². The lowest BCUT2D eigenvalue weighted by Crippen LogP contribution is -2.44. The summed E-state index contributed by atoms with van der Waals surface area (Å²) in [6.07, 6.45) is 0.646. The molecule has 96 valence electrons. The van der Waals surface area contributed by atoms with E-state index in [1.54, 1.807) is 6.07 Å². The number of hydrogen-bond acceptors (Lipinski definition) is 2. The Balaban J connectivity index is 2.16. The molecule has 0 saturated heterocycles. The lowest BCUT2D eigenvalue weighted by Gasteiger charge is -2.17. The van der Waals surface area contributed by atoms with Crippen molar-refractivity contribution in [2.75, 3.05) is 11.4 Å². The van der Waals surface area contributed by atoms with E-state index in [0.29, 0.717) is 18.7 Å². The third-order valence-electron chi connectivity index (χ3n) is 2.78. The number of benzene rings is 1. The fourth-order valence-corrected chi connectivity index (χ4v) is 1.89. The first kappa shape index (κ1) is 12.8. The van der Waals surface area contributed by atoms with Crippen molar-refractivity contribution in [3.63, 3.8) is 0 Å². The number of urea groups is 1. The molecule has 1 heterocycles. The fourth-order valence-electron chi connectivity index (χ4n) is 1.84. The van der Waals surface area contributed by atoms with Crippen LogP contribution < -0.4 is 10.2 Å². The Labute approximate surface area is 109 Å². The summed E-state index contributed by atoms with van der Waals surface area (Å²) >= 11 is 5.56. The second-order valence-corrected chi connectivity index (χ2v) is 4.74. The Morgan fingerprint density at radius 2 is 2.22 bits per heavy atom. The molecule has 4 nitrogen and oxygen atoms in total. The zero-order valence-corrected chi connectivity index (χ0v) is 10.5. The zero-order chi connectivity index (χ0) is 13.3. The van der Waals surface area contributed by atoms with Crippen molar-refractivity contribution < 1.29 is 14.0 Å². The molecule has 1 aromatic carbocycles. The number of fused-ring (bicyclic) bond motifs is 1. The van der Waals surface area contributed by atoms with Crippen molar-refractivity contribution in [3.8, 4) is 0 Å². The van der Waals surface area contributed by atoms with E-state index in [2.05, 4.69) is 5.32 Å². The molecule has 0 aromatic heterocycles. The van der Waals surface area contributed by atoms with Gasteiger partial charge < -0.3 is 0 Å². The first-order valence-corrected chi connectivity index (χ1v) is 5.97. The van der Waals surface area contributed by atoms with E-state index in [-0.39, 0.29) is 0 Å². The summed E-state index contributed by atoms with van der Waals surface area (Å²) in [5, 5.41) is 1.39. The summed E-state index contributed by atoms with van der Waals surface area (Å²) in [6, 6.07) is 3.71. The van der Waals surface area contributed by atoms with Gasteiger partial charge in [0.25, 0.3) is 0 Å². The van der Waals surface area contributed by atoms with Crippen LogP contribution in [0.3, 0.4) is 0 Å². The Hall–Kier alpha value is -1.62. The van der Waals surface area contributed by atoms with E-state index in [1.807, 2.05) is 0 Å². The number of rotatable bonds is 1. The molecule has 0 spiro atoms. The Bertz CT molecular complexity index is 505. The number of alkyl halides is 1. The first-order valence-electron chi connectivity index (χ1n) is 5.54. The largest absolute Gasteiger partial charge is 0.328 e. The van der Waals surface area contributed by atoms with Gasteiger partial charge in [0.05, 0.1) is 5.69 Å². The molecule has 0 fully saturated rings. The van der Waals surface area contributed by atoms with Crippen LogP contribution in [-0.2, 0) is 11.2 Å². The van der Waals surface area contributed by atoms with Crippen LogP contribution >= 0.6 is 11.6 Å². The van der Waals surface area contributed by atoms with Crippen molar-refractivity contribution >= 4 is 29.2 Å². The topological polar surface area (TPSA) is 49.4 Å². The van der Waals surface area contributed by atoms with E-state index < -0.39 is 23.1 Å². The molecule has 18 heavy (non-hydrogen) atoms. The van der Waals surface area contributed by atoms with Gasteiger partial charge in [-0.1, -0.05) is 6.07 Å². The summed E-state index contributed by atoms with van der Waals surface area (Å²) in [5.74, 6) is -0.975. The molecule has 6 heteroatoms. The molecular weight excluding hydrogens is 259 g/mol. The minimum atomic E-state index is -0.788. The van der Waals surface area contributed by atoms with E-state index >= 15 is 0 Å². The average molecular weight is 271 g/mol. The molecule has 1 N–H and O–H groups in total. The number of carbonyl (C=O) groups is 2. The van der Waals surface area contributed by atoms with Gasteiger partial charge in [-0.2, -0.15) is 0 Å². The lowest BCUT2D eigenvalue weighted by molar-refractivity contribution is -0.119. The summed E-state index contributed by atoms with van der Waals surface area (Å²) in [4.78, 5) is 24.5. The summed E-state index contributed by atoms with van der Waals surface area (Å²) in [6.45, 7) is 1.90. The number of amides is 3. The fraction of sp³-hybridized carbons (Fsp3) is 0.333. The molecule has 1 aromatic rings. The van der Waals surface area contributed by atoms with Crippen LogP contribution in [0.2, 0.25) is 0 Å². The second-order valence-electron chi connectivity index (χ2n) is 4.09. The Morgan fingerprint density at radius 1 is 1.50 bits per heavy atom. The molecule has 1 unspecified atom stereocenters. The van der Waals surface area contributed by atoms with Crippen LogP contribution in [0.15, 0.2) is 18.2 Å².